The van der Waals surface area contributed by atoms with Crippen LogP contribution in [-0.2, 0) is 4.84 Å². The molecule has 0 amide bonds. The SMILES string of the molecule is C=CCONC(N)=NN. The zero-order valence-corrected chi connectivity index (χ0v) is 5.00. The minimum atomic E-state index is 0.0388. The lowest BCUT2D eigenvalue weighted by Crippen LogP contribution is -2.32. The average molecular weight is 130 g/mol. The van der Waals surface area contributed by atoms with Gasteiger partial charge in [0, 0.05) is 0 Å². The van der Waals surface area contributed by atoms with Gasteiger partial charge in [0.15, 0.2) is 0 Å². The van der Waals surface area contributed by atoms with E-state index >= 15 is 0 Å². The second-order valence-corrected chi connectivity index (χ2v) is 1.22. The van der Waals surface area contributed by atoms with Crippen molar-refractivity contribution in [1.82, 2.24) is 5.48 Å². The summed E-state index contributed by atoms with van der Waals surface area (Å²) in [7, 11) is 0. The van der Waals surface area contributed by atoms with E-state index in [1.807, 2.05) is 0 Å². The third-order valence-electron chi connectivity index (χ3n) is 0.517. The summed E-state index contributed by atoms with van der Waals surface area (Å²) in [5, 5.41) is 3.08. The van der Waals surface area contributed by atoms with E-state index in [-0.39, 0.29) is 5.96 Å². The van der Waals surface area contributed by atoms with E-state index in [2.05, 4.69) is 22.0 Å². The first-order valence-electron chi connectivity index (χ1n) is 2.33. The molecule has 0 saturated carbocycles. The van der Waals surface area contributed by atoms with E-state index in [9.17, 15) is 0 Å². The molecule has 0 aliphatic heterocycles. The van der Waals surface area contributed by atoms with Crippen molar-refractivity contribution in [1.29, 1.82) is 0 Å². The molecule has 5 N–H and O–H groups in total. The van der Waals surface area contributed by atoms with E-state index in [4.69, 9.17) is 11.6 Å². The number of nitrogens with one attached hydrogen (secondary N) is 1. The minimum Gasteiger partial charge on any atom is -0.367 e. The van der Waals surface area contributed by atoms with Crippen LogP contribution in [0.3, 0.4) is 0 Å². The highest BCUT2D eigenvalue weighted by molar-refractivity contribution is 5.76. The largest absolute Gasteiger partial charge is 0.367 e. The monoisotopic (exact) mass is 130 g/mol. The first-order valence-corrected chi connectivity index (χ1v) is 2.33. The van der Waals surface area contributed by atoms with E-state index in [1.54, 1.807) is 6.08 Å². The second-order valence-electron chi connectivity index (χ2n) is 1.22. The van der Waals surface area contributed by atoms with Crippen LogP contribution >= 0.6 is 0 Å². The van der Waals surface area contributed by atoms with Crippen molar-refractivity contribution in [2.75, 3.05) is 6.61 Å². The molecule has 0 aromatic rings. The molecule has 0 unspecified atom stereocenters. The summed E-state index contributed by atoms with van der Waals surface area (Å²) >= 11 is 0. The Morgan fingerprint density at radius 2 is 2.56 bits per heavy atom. The van der Waals surface area contributed by atoms with Gasteiger partial charge in [-0.05, 0) is 0 Å². The molecule has 5 heteroatoms. The molecule has 0 aromatic carbocycles. The predicted octanol–water partition coefficient (Wildman–Crippen LogP) is -1.12. The Bertz CT molecular complexity index is 111. The fraction of sp³-hybridized carbons (Fsp3) is 0.250. The van der Waals surface area contributed by atoms with Gasteiger partial charge in [0.1, 0.15) is 0 Å². The van der Waals surface area contributed by atoms with Crippen molar-refractivity contribution in [2.24, 2.45) is 16.7 Å². The van der Waals surface area contributed by atoms with E-state index in [0.717, 1.165) is 0 Å². The van der Waals surface area contributed by atoms with Crippen LogP contribution in [0.15, 0.2) is 17.8 Å². The van der Waals surface area contributed by atoms with E-state index in [0.29, 0.717) is 6.61 Å². The van der Waals surface area contributed by atoms with E-state index < -0.39 is 0 Å². The van der Waals surface area contributed by atoms with Crippen LogP contribution in [0.1, 0.15) is 0 Å². The standard InChI is InChI=1S/C4H10N4O/c1-2-3-9-8-4(5)7-6/h2H,1,3,6H2,(H3,5,7,8). The van der Waals surface area contributed by atoms with Crippen molar-refractivity contribution in [3.63, 3.8) is 0 Å². The van der Waals surface area contributed by atoms with Gasteiger partial charge in [0.25, 0.3) is 0 Å². The number of hydroxylamine groups is 1. The number of hydrogen-bond donors (Lipinski definition) is 3. The predicted molar refractivity (Wildman–Crippen MR) is 35.1 cm³/mol. The van der Waals surface area contributed by atoms with E-state index in [1.165, 1.54) is 0 Å². The van der Waals surface area contributed by atoms with Gasteiger partial charge in [-0.3, -0.25) is 4.84 Å². The third-order valence-corrected chi connectivity index (χ3v) is 0.517. The van der Waals surface area contributed by atoms with Crippen LogP contribution in [0.5, 0.6) is 0 Å². The number of nitrogens with two attached hydrogens (primary N) is 2. The summed E-state index contributed by atoms with van der Waals surface area (Å²) in [5.41, 5.74) is 7.33. The zero-order chi connectivity index (χ0) is 7.11. The van der Waals surface area contributed by atoms with Gasteiger partial charge >= 0.3 is 0 Å². The van der Waals surface area contributed by atoms with Crippen molar-refractivity contribution < 1.29 is 4.84 Å². The quantitative estimate of drug-likeness (QED) is 0.113. The van der Waals surface area contributed by atoms with Crippen LogP contribution < -0.4 is 17.1 Å². The minimum absolute atomic E-state index is 0.0388. The Hall–Kier alpha value is -1.23. The number of hydrogen-bond acceptors (Lipinski definition) is 3. The van der Waals surface area contributed by atoms with Gasteiger partial charge in [-0.15, -0.1) is 11.7 Å². The molecule has 0 aromatic heterocycles. The molecule has 0 saturated heterocycles. The van der Waals surface area contributed by atoms with Crippen LogP contribution in [-0.4, -0.2) is 12.6 Å². The third kappa shape index (κ3) is 4.63. The fourth-order valence-corrected chi connectivity index (χ4v) is 0.201. The molecular formula is C4H10N4O. The molecule has 0 spiro atoms. The van der Waals surface area contributed by atoms with Crippen molar-refractivity contribution in [3.05, 3.63) is 12.7 Å². The highest BCUT2D eigenvalue weighted by Crippen LogP contribution is 1.65. The van der Waals surface area contributed by atoms with Crippen LogP contribution in [0.25, 0.3) is 0 Å². The smallest absolute Gasteiger partial charge is 0.234 e. The molecule has 0 radical (unpaired) electrons. The van der Waals surface area contributed by atoms with Gasteiger partial charge < -0.3 is 11.6 Å². The van der Waals surface area contributed by atoms with Gasteiger partial charge in [0.2, 0.25) is 5.96 Å². The van der Waals surface area contributed by atoms with Crippen LogP contribution in [0.2, 0.25) is 0 Å². The molecule has 9 heavy (non-hydrogen) atoms. The zero-order valence-electron chi connectivity index (χ0n) is 5.00. The molecular weight excluding hydrogens is 120 g/mol. The first kappa shape index (κ1) is 7.77. The maximum atomic E-state index is 5.07. The number of hydrazone groups is 1. The summed E-state index contributed by atoms with van der Waals surface area (Å²) in [6.07, 6.45) is 1.57. The highest BCUT2D eigenvalue weighted by Gasteiger charge is 1.83. The maximum Gasteiger partial charge on any atom is 0.234 e. The Morgan fingerprint density at radius 1 is 1.89 bits per heavy atom. The Balaban J connectivity index is 3.17. The van der Waals surface area contributed by atoms with Crippen LogP contribution in [0, 0.1) is 0 Å². The lowest BCUT2D eigenvalue weighted by atomic mass is 10.7. The Labute approximate surface area is 53.3 Å². The second kappa shape index (κ2) is 4.92. The fourth-order valence-electron chi connectivity index (χ4n) is 0.201. The highest BCUT2D eigenvalue weighted by atomic mass is 16.6. The Kier molecular flexibility index (Phi) is 4.25. The summed E-state index contributed by atoms with van der Waals surface area (Å²) in [5.74, 6) is 4.79. The number of guanidine groups is 1. The van der Waals surface area contributed by atoms with Crippen molar-refractivity contribution in [2.45, 2.75) is 0 Å². The number of nitrogens with zero attached hydrogens (tertiary/aromatic N) is 1. The maximum absolute atomic E-state index is 5.07. The normalized spacial score (nSPS) is 10.9. The lowest BCUT2D eigenvalue weighted by Gasteiger charge is -2.00. The summed E-state index contributed by atoms with van der Waals surface area (Å²) < 4.78 is 0. The van der Waals surface area contributed by atoms with Gasteiger partial charge in [-0.2, -0.15) is 0 Å². The summed E-state index contributed by atoms with van der Waals surface area (Å²) in [4.78, 5) is 4.63. The molecule has 0 aliphatic carbocycles. The molecule has 52 valence electrons. The van der Waals surface area contributed by atoms with Gasteiger partial charge in [0.05, 0.1) is 6.61 Å². The Morgan fingerprint density at radius 3 is 3.00 bits per heavy atom. The van der Waals surface area contributed by atoms with Crippen molar-refractivity contribution >= 4 is 5.96 Å². The van der Waals surface area contributed by atoms with Crippen LogP contribution in [0.4, 0.5) is 0 Å². The molecule has 0 rings (SSSR count). The molecule has 0 atom stereocenters. The average Bonchev–Trinajstić information content (AvgIpc) is 1.89. The summed E-state index contributed by atoms with van der Waals surface area (Å²) in [6, 6.07) is 0. The molecule has 0 aliphatic rings. The lowest BCUT2D eigenvalue weighted by molar-refractivity contribution is 0.109. The molecule has 0 fully saturated rings. The molecule has 0 heterocycles. The van der Waals surface area contributed by atoms with Gasteiger partial charge in [-0.1, -0.05) is 6.08 Å². The summed E-state index contributed by atoms with van der Waals surface area (Å²) in [6.45, 7) is 3.76. The molecule has 0 bridgehead atoms. The first-order chi connectivity index (χ1) is 4.31. The van der Waals surface area contributed by atoms with Gasteiger partial charge in [-0.25, -0.2) is 5.48 Å². The molecule has 5 nitrogen and oxygen atoms in total. The topological polar surface area (TPSA) is 85.7 Å². The van der Waals surface area contributed by atoms with Crippen molar-refractivity contribution in [3.8, 4) is 0 Å². The number of rotatable bonds is 3.